The van der Waals surface area contributed by atoms with Crippen molar-refractivity contribution in [3.05, 3.63) is 46.5 Å². The van der Waals surface area contributed by atoms with Crippen molar-refractivity contribution in [2.24, 2.45) is 0 Å². The van der Waals surface area contributed by atoms with Crippen LogP contribution in [0.25, 0.3) is 0 Å². The molecule has 27 heavy (non-hydrogen) atoms. The maximum Gasteiger partial charge on any atom is 0.273 e. The molecule has 0 saturated carbocycles. The van der Waals surface area contributed by atoms with Crippen molar-refractivity contribution in [1.29, 1.82) is 0 Å². The van der Waals surface area contributed by atoms with Crippen molar-refractivity contribution in [3.63, 3.8) is 0 Å². The summed E-state index contributed by atoms with van der Waals surface area (Å²) in [6.07, 6.45) is 3.64. The van der Waals surface area contributed by atoms with Crippen LogP contribution in [0.1, 0.15) is 48.8 Å². The highest BCUT2D eigenvalue weighted by Crippen LogP contribution is 2.30. The van der Waals surface area contributed by atoms with Gasteiger partial charge in [-0.15, -0.1) is 17.5 Å². The van der Waals surface area contributed by atoms with Gasteiger partial charge in [0.1, 0.15) is 5.82 Å². The van der Waals surface area contributed by atoms with E-state index in [0.29, 0.717) is 17.3 Å². The minimum atomic E-state index is -0.453. The van der Waals surface area contributed by atoms with Gasteiger partial charge >= 0.3 is 0 Å². The molecular weight excluding hydrogens is 392 g/mol. The van der Waals surface area contributed by atoms with Gasteiger partial charge in [0, 0.05) is 17.0 Å². The number of benzene rings is 1. The summed E-state index contributed by atoms with van der Waals surface area (Å²) in [4.78, 5) is 12.4. The van der Waals surface area contributed by atoms with E-state index in [4.69, 9.17) is 11.6 Å². The van der Waals surface area contributed by atoms with E-state index < -0.39 is 5.41 Å². The van der Waals surface area contributed by atoms with E-state index in [9.17, 15) is 9.18 Å². The zero-order valence-corrected chi connectivity index (χ0v) is 16.9. The molecule has 1 aliphatic heterocycles. The van der Waals surface area contributed by atoms with Crippen LogP contribution in [0.5, 0.6) is 0 Å². The third-order valence-corrected chi connectivity index (χ3v) is 5.09. The Morgan fingerprint density at radius 2 is 2.11 bits per heavy atom. The van der Waals surface area contributed by atoms with Gasteiger partial charge in [0.2, 0.25) is 0 Å². The van der Waals surface area contributed by atoms with Gasteiger partial charge < -0.3 is 10.6 Å². The summed E-state index contributed by atoms with van der Waals surface area (Å²) in [7, 11) is 0. The molecule has 0 spiro atoms. The number of hydrogen-bond acceptors (Lipinski definition) is 4. The lowest BCUT2D eigenvalue weighted by molar-refractivity contribution is 0.0940. The minimum Gasteiger partial charge on any atom is -0.350 e. The normalized spacial score (nSPS) is 15.3. The second kappa shape index (κ2) is 8.99. The van der Waals surface area contributed by atoms with Crippen LogP contribution in [0, 0.1) is 5.82 Å². The van der Waals surface area contributed by atoms with Crippen LogP contribution in [0.4, 0.5) is 4.39 Å². The van der Waals surface area contributed by atoms with Crippen molar-refractivity contribution in [1.82, 2.24) is 25.6 Å². The van der Waals surface area contributed by atoms with E-state index in [2.05, 4.69) is 20.9 Å². The first kappa shape index (κ1) is 21.6. The largest absolute Gasteiger partial charge is 0.350 e. The van der Waals surface area contributed by atoms with Crippen molar-refractivity contribution in [2.75, 3.05) is 19.6 Å². The molecule has 9 heteroatoms. The predicted molar refractivity (Wildman–Crippen MR) is 105 cm³/mol. The van der Waals surface area contributed by atoms with E-state index in [1.54, 1.807) is 16.9 Å². The van der Waals surface area contributed by atoms with Gasteiger partial charge in [0.05, 0.1) is 12.2 Å². The molecule has 0 bridgehead atoms. The molecule has 1 aromatic heterocycles. The number of hydrogen-bond donors (Lipinski definition) is 2. The Hall–Kier alpha value is -1.70. The first-order valence-corrected chi connectivity index (χ1v) is 9.11. The fourth-order valence-corrected chi connectivity index (χ4v) is 3.58. The number of nitrogens with one attached hydrogen (secondary N) is 2. The molecule has 1 saturated heterocycles. The molecule has 2 heterocycles. The second-order valence-corrected chi connectivity index (χ2v) is 7.66. The Kier molecular flexibility index (Phi) is 7.19. The average Bonchev–Trinajstić information content (AvgIpc) is 3.10. The smallest absolute Gasteiger partial charge is 0.273 e. The Morgan fingerprint density at radius 1 is 1.41 bits per heavy atom. The molecule has 1 fully saturated rings. The fourth-order valence-electron chi connectivity index (χ4n) is 3.16. The SMILES string of the molecule is CC(C)(CNC(=O)c1cn(C2CCNCC2)nn1)c1ccc(F)cc1Cl.Cl. The number of amides is 1. The number of halogens is 3. The van der Waals surface area contributed by atoms with Crippen LogP contribution in [-0.2, 0) is 5.41 Å². The summed E-state index contributed by atoms with van der Waals surface area (Å²) in [5.41, 5.74) is 0.620. The third-order valence-electron chi connectivity index (χ3n) is 4.78. The van der Waals surface area contributed by atoms with Gasteiger partial charge in [-0.25, -0.2) is 9.07 Å². The van der Waals surface area contributed by atoms with Crippen molar-refractivity contribution in [2.45, 2.75) is 38.1 Å². The third kappa shape index (κ3) is 5.18. The molecule has 1 amide bonds. The van der Waals surface area contributed by atoms with E-state index in [1.165, 1.54) is 12.1 Å². The average molecular weight is 416 g/mol. The zero-order valence-electron chi connectivity index (χ0n) is 15.3. The zero-order chi connectivity index (χ0) is 18.7. The standard InChI is InChI=1S/C18H23ClFN5O.ClH/c1-18(2,14-4-3-12(20)9-15(14)19)11-22-17(26)16-10-25(24-23-16)13-5-7-21-8-6-13;/h3-4,9-10,13,21H,5-8,11H2,1-2H3,(H,22,26);1H. The fraction of sp³-hybridized carbons (Fsp3) is 0.500. The quantitative estimate of drug-likeness (QED) is 0.786. The molecule has 0 radical (unpaired) electrons. The molecule has 0 aliphatic carbocycles. The van der Waals surface area contributed by atoms with Gasteiger partial charge in [-0.05, 0) is 43.6 Å². The molecule has 0 atom stereocenters. The van der Waals surface area contributed by atoms with Crippen molar-refractivity contribution in [3.8, 4) is 0 Å². The summed E-state index contributed by atoms with van der Waals surface area (Å²) in [6, 6.07) is 4.58. The highest BCUT2D eigenvalue weighted by molar-refractivity contribution is 6.31. The highest BCUT2D eigenvalue weighted by Gasteiger charge is 2.25. The van der Waals surface area contributed by atoms with Gasteiger partial charge in [-0.2, -0.15) is 0 Å². The summed E-state index contributed by atoms with van der Waals surface area (Å²) >= 11 is 6.15. The lowest BCUT2D eigenvalue weighted by Crippen LogP contribution is -2.37. The minimum absolute atomic E-state index is 0. The van der Waals surface area contributed by atoms with Crippen LogP contribution in [0.2, 0.25) is 5.02 Å². The number of aromatic nitrogens is 3. The monoisotopic (exact) mass is 415 g/mol. The Morgan fingerprint density at radius 3 is 2.78 bits per heavy atom. The van der Waals surface area contributed by atoms with Gasteiger partial charge in [-0.3, -0.25) is 4.79 Å². The van der Waals surface area contributed by atoms with E-state index >= 15 is 0 Å². The van der Waals surface area contributed by atoms with Crippen LogP contribution in [0.3, 0.4) is 0 Å². The van der Waals surface area contributed by atoms with Gasteiger partial charge in [0.25, 0.3) is 5.91 Å². The molecule has 1 aliphatic rings. The molecule has 1 aromatic carbocycles. The number of carbonyl (C=O) groups is 1. The molecule has 2 N–H and O–H groups in total. The first-order valence-electron chi connectivity index (χ1n) is 8.73. The van der Waals surface area contributed by atoms with Gasteiger partial charge in [0.15, 0.2) is 5.69 Å². The van der Waals surface area contributed by atoms with E-state index in [-0.39, 0.29) is 30.2 Å². The topological polar surface area (TPSA) is 71.8 Å². The van der Waals surface area contributed by atoms with Crippen LogP contribution < -0.4 is 10.6 Å². The Labute approximate surface area is 169 Å². The summed E-state index contributed by atoms with van der Waals surface area (Å²) in [6.45, 7) is 6.12. The lowest BCUT2D eigenvalue weighted by Gasteiger charge is -2.26. The summed E-state index contributed by atoms with van der Waals surface area (Å²) < 4.78 is 15.0. The predicted octanol–water partition coefficient (Wildman–Crippen LogP) is 3.12. The number of piperidine rings is 1. The van der Waals surface area contributed by atoms with Crippen LogP contribution >= 0.6 is 24.0 Å². The molecule has 3 rings (SSSR count). The first-order chi connectivity index (χ1) is 12.4. The molecule has 148 valence electrons. The Balaban J connectivity index is 0.00000261. The summed E-state index contributed by atoms with van der Waals surface area (Å²) in [5, 5.41) is 14.6. The van der Waals surface area contributed by atoms with Crippen molar-refractivity contribution >= 4 is 29.9 Å². The molecule has 6 nitrogen and oxygen atoms in total. The van der Waals surface area contributed by atoms with Crippen LogP contribution in [-0.4, -0.2) is 40.5 Å². The highest BCUT2D eigenvalue weighted by atomic mass is 35.5. The molecule has 0 unspecified atom stereocenters. The maximum absolute atomic E-state index is 13.3. The van der Waals surface area contributed by atoms with Crippen LogP contribution in [0.15, 0.2) is 24.4 Å². The molecular formula is C18H24Cl2FN5O. The second-order valence-electron chi connectivity index (χ2n) is 7.26. The van der Waals surface area contributed by atoms with Crippen molar-refractivity contribution < 1.29 is 9.18 Å². The Bertz CT molecular complexity index is 790. The summed E-state index contributed by atoms with van der Waals surface area (Å²) in [5.74, 6) is -0.662. The number of nitrogens with zero attached hydrogens (tertiary/aromatic N) is 3. The van der Waals surface area contributed by atoms with E-state index in [0.717, 1.165) is 31.5 Å². The number of rotatable bonds is 5. The van der Waals surface area contributed by atoms with Gasteiger partial charge in [-0.1, -0.05) is 36.7 Å². The lowest BCUT2D eigenvalue weighted by atomic mass is 9.84. The number of carbonyl (C=O) groups excluding carboxylic acids is 1. The molecule has 2 aromatic rings. The maximum atomic E-state index is 13.3. The van der Waals surface area contributed by atoms with E-state index in [1.807, 2.05) is 13.8 Å².